The normalized spacial score (nSPS) is 17.4. The van der Waals surface area contributed by atoms with Gasteiger partial charge in [-0.05, 0) is 23.1 Å². The molecule has 0 amide bonds. The first-order valence-corrected chi connectivity index (χ1v) is 6.15. The molecule has 0 N–H and O–H groups in total. The third-order valence-corrected chi connectivity index (χ3v) is 3.40. The summed E-state index contributed by atoms with van der Waals surface area (Å²) in [5.74, 6) is 0.603. The number of ether oxygens (including phenoxy) is 1. The minimum absolute atomic E-state index is 0.603. The molecule has 86 valence electrons. The molecule has 1 aromatic carbocycles. The maximum Gasteiger partial charge on any atom is 0.0716 e. The third-order valence-electron chi connectivity index (χ3n) is 3.40. The smallest absolute Gasteiger partial charge is 0.0716 e. The lowest BCUT2D eigenvalue weighted by molar-refractivity contribution is 0.114. The second-order valence-corrected chi connectivity index (χ2v) is 4.55. The highest BCUT2D eigenvalue weighted by molar-refractivity contribution is 5.52. The third kappa shape index (κ3) is 2.25. The van der Waals surface area contributed by atoms with Crippen molar-refractivity contribution >= 4 is 0 Å². The first kappa shape index (κ1) is 10.5. The summed E-state index contributed by atoms with van der Waals surface area (Å²) in [5.41, 5.74) is 4.14. The number of benzene rings is 1. The van der Waals surface area contributed by atoms with Crippen molar-refractivity contribution in [2.45, 2.75) is 13.0 Å². The Labute approximate surface area is 102 Å². The van der Waals surface area contributed by atoms with Crippen molar-refractivity contribution in [2.75, 3.05) is 6.61 Å². The van der Waals surface area contributed by atoms with Crippen LogP contribution in [0.25, 0.3) is 0 Å². The average molecular weight is 224 g/mol. The van der Waals surface area contributed by atoms with Crippen LogP contribution in [-0.2, 0) is 11.3 Å². The van der Waals surface area contributed by atoms with E-state index in [0.29, 0.717) is 5.92 Å². The van der Waals surface area contributed by atoms with Gasteiger partial charge in [0.25, 0.3) is 0 Å². The van der Waals surface area contributed by atoms with Crippen molar-refractivity contribution in [2.24, 2.45) is 5.92 Å². The van der Waals surface area contributed by atoms with Crippen LogP contribution in [0.1, 0.15) is 12.0 Å². The number of hydrogen-bond acceptors (Lipinski definition) is 1. The van der Waals surface area contributed by atoms with Crippen molar-refractivity contribution < 1.29 is 4.74 Å². The van der Waals surface area contributed by atoms with E-state index in [9.17, 15) is 0 Å². The summed E-state index contributed by atoms with van der Waals surface area (Å²) in [6.45, 7) is 1.55. The second-order valence-electron chi connectivity index (χ2n) is 4.55. The van der Waals surface area contributed by atoms with E-state index >= 15 is 0 Å². The molecule has 0 spiro atoms. The number of fused-ring (bicyclic) bond motifs is 2. The molecule has 0 heterocycles. The summed E-state index contributed by atoms with van der Waals surface area (Å²) < 4.78 is 5.72. The van der Waals surface area contributed by atoms with Crippen LogP contribution in [-0.4, -0.2) is 6.61 Å². The predicted molar refractivity (Wildman–Crippen MR) is 69.5 cm³/mol. The minimum Gasteiger partial charge on any atom is -0.377 e. The quantitative estimate of drug-likeness (QED) is 0.694. The van der Waals surface area contributed by atoms with Gasteiger partial charge in [-0.25, -0.2) is 0 Å². The van der Waals surface area contributed by atoms with Gasteiger partial charge in [-0.15, -0.1) is 0 Å². The number of hydrogen-bond donors (Lipinski definition) is 0. The molecule has 2 bridgehead atoms. The highest BCUT2D eigenvalue weighted by Gasteiger charge is 2.23. The van der Waals surface area contributed by atoms with E-state index in [1.165, 1.54) is 16.7 Å². The molecule has 0 atom stereocenters. The Bertz CT molecular complexity index is 458. The Morgan fingerprint density at radius 1 is 0.941 bits per heavy atom. The molecule has 0 unspecified atom stereocenters. The second kappa shape index (κ2) is 4.72. The van der Waals surface area contributed by atoms with Crippen LogP contribution in [0.15, 0.2) is 65.8 Å². The maximum absolute atomic E-state index is 5.72. The summed E-state index contributed by atoms with van der Waals surface area (Å²) in [6.07, 6.45) is 9.97. The summed E-state index contributed by atoms with van der Waals surface area (Å²) >= 11 is 0. The van der Waals surface area contributed by atoms with Gasteiger partial charge in [-0.1, -0.05) is 54.6 Å². The Hall–Kier alpha value is -1.60. The summed E-state index contributed by atoms with van der Waals surface area (Å²) in [6, 6.07) is 10.3. The minimum atomic E-state index is 0.603. The highest BCUT2D eigenvalue weighted by atomic mass is 16.5. The molecular weight excluding hydrogens is 208 g/mol. The van der Waals surface area contributed by atoms with E-state index < -0.39 is 0 Å². The van der Waals surface area contributed by atoms with Crippen molar-refractivity contribution in [3.05, 3.63) is 71.3 Å². The van der Waals surface area contributed by atoms with E-state index in [2.05, 4.69) is 48.6 Å². The fourth-order valence-electron chi connectivity index (χ4n) is 2.45. The number of allylic oxidation sites excluding steroid dienone is 6. The van der Waals surface area contributed by atoms with Crippen LogP contribution in [0.3, 0.4) is 0 Å². The fraction of sp³-hybridized carbons (Fsp3) is 0.250. The van der Waals surface area contributed by atoms with Gasteiger partial charge >= 0.3 is 0 Å². The molecule has 17 heavy (non-hydrogen) atoms. The Morgan fingerprint density at radius 3 is 2.29 bits per heavy atom. The van der Waals surface area contributed by atoms with Gasteiger partial charge in [-0.3, -0.25) is 0 Å². The van der Waals surface area contributed by atoms with Crippen molar-refractivity contribution in [1.29, 1.82) is 0 Å². The molecule has 0 radical (unpaired) electrons. The Kier molecular flexibility index (Phi) is 2.93. The van der Waals surface area contributed by atoms with Crippen molar-refractivity contribution in [1.82, 2.24) is 0 Å². The standard InChI is InChI=1S/C16H16O/c1-2-4-13(5-3-1)12-17-11-10-16-14-6-7-15(16)9-8-14/h1-9,16H,10-12H2. The van der Waals surface area contributed by atoms with E-state index in [0.717, 1.165) is 19.6 Å². The largest absolute Gasteiger partial charge is 0.377 e. The average Bonchev–Trinajstić information content (AvgIpc) is 2.95. The van der Waals surface area contributed by atoms with E-state index in [1.807, 2.05) is 6.07 Å². The Morgan fingerprint density at radius 2 is 1.65 bits per heavy atom. The molecule has 2 aliphatic carbocycles. The predicted octanol–water partition coefficient (Wildman–Crippen LogP) is 3.65. The van der Waals surface area contributed by atoms with Crippen LogP contribution in [0.2, 0.25) is 0 Å². The van der Waals surface area contributed by atoms with Crippen LogP contribution in [0.4, 0.5) is 0 Å². The van der Waals surface area contributed by atoms with Crippen LogP contribution < -0.4 is 0 Å². The molecule has 1 aromatic rings. The summed E-state index contributed by atoms with van der Waals surface area (Å²) in [7, 11) is 0. The molecule has 0 fully saturated rings. The van der Waals surface area contributed by atoms with Crippen molar-refractivity contribution in [3.63, 3.8) is 0 Å². The monoisotopic (exact) mass is 224 g/mol. The van der Waals surface area contributed by atoms with Gasteiger partial charge in [0.05, 0.1) is 6.61 Å². The molecule has 0 saturated carbocycles. The lowest BCUT2D eigenvalue weighted by atomic mass is 9.99. The lowest BCUT2D eigenvalue weighted by Crippen LogP contribution is -2.04. The van der Waals surface area contributed by atoms with Gasteiger partial charge in [0.15, 0.2) is 0 Å². The fourth-order valence-corrected chi connectivity index (χ4v) is 2.45. The van der Waals surface area contributed by atoms with E-state index in [4.69, 9.17) is 4.74 Å². The molecule has 3 rings (SSSR count). The van der Waals surface area contributed by atoms with E-state index in [-0.39, 0.29) is 0 Å². The number of rotatable bonds is 5. The molecule has 0 aromatic heterocycles. The first-order chi connectivity index (χ1) is 8.43. The molecule has 0 aliphatic heterocycles. The van der Waals surface area contributed by atoms with Gasteiger partial charge < -0.3 is 4.74 Å². The van der Waals surface area contributed by atoms with Gasteiger partial charge in [0.2, 0.25) is 0 Å². The van der Waals surface area contributed by atoms with Gasteiger partial charge in [-0.2, -0.15) is 0 Å². The summed E-state index contributed by atoms with van der Waals surface area (Å²) in [5, 5.41) is 0. The summed E-state index contributed by atoms with van der Waals surface area (Å²) in [4.78, 5) is 0. The molecule has 0 saturated heterocycles. The van der Waals surface area contributed by atoms with Gasteiger partial charge in [0.1, 0.15) is 0 Å². The molecule has 1 heteroatoms. The maximum atomic E-state index is 5.72. The highest BCUT2D eigenvalue weighted by Crippen LogP contribution is 2.37. The van der Waals surface area contributed by atoms with Crippen LogP contribution in [0, 0.1) is 5.92 Å². The van der Waals surface area contributed by atoms with Crippen LogP contribution in [0.5, 0.6) is 0 Å². The van der Waals surface area contributed by atoms with E-state index in [1.54, 1.807) is 0 Å². The molecular formula is C16H16O. The van der Waals surface area contributed by atoms with Gasteiger partial charge in [0, 0.05) is 12.5 Å². The zero-order valence-electron chi connectivity index (χ0n) is 9.80. The topological polar surface area (TPSA) is 9.23 Å². The van der Waals surface area contributed by atoms with Crippen LogP contribution >= 0.6 is 0 Å². The SMILES string of the molecule is C1=CC2=CC=C1C2CCOCc1ccccc1. The lowest BCUT2D eigenvalue weighted by Gasteiger charge is -2.11. The Balaban J connectivity index is 1.42. The van der Waals surface area contributed by atoms with Crippen molar-refractivity contribution in [3.8, 4) is 0 Å². The molecule has 1 nitrogen and oxygen atoms in total. The zero-order valence-corrected chi connectivity index (χ0v) is 9.80. The first-order valence-electron chi connectivity index (χ1n) is 6.15. The molecule has 2 aliphatic rings. The zero-order chi connectivity index (χ0) is 11.5.